The molecule has 0 aliphatic carbocycles. The number of Topliss-reactive ketones (excluding diaryl/α,β-unsaturated/α-hetero) is 1. The van der Waals surface area contributed by atoms with Crippen molar-refractivity contribution in [3.8, 4) is 0 Å². The Kier molecular flexibility index (Phi) is 5.81. The average Bonchev–Trinajstić information content (AvgIpc) is 2.25. The van der Waals surface area contributed by atoms with Crippen LogP contribution in [0, 0.1) is 0 Å². The minimum absolute atomic E-state index is 0.123. The van der Waals surface area contributed by atoms with Crippen LogP contribution in [-0.4, -0.2) is 18.9 Å². The summed E-state index contributed by atoms with van der Waals surface area (Å²) in [5.74, 6) is 0.123. The van der Waals surface area contributed by atoms with Gasteiger partial charge in [0.1, 0.15) is 0 Å². The van der Waals surface area contributed by atoms with Gasteiger partial charge in [0.05, 0.1) is 16.6 Å². The molecule has 0 atom stereocenters. The molecule has 2 nitrogen and oxygen atoms in total. The second kappa shape index (κ2) is 6.89. The van der Waals surface area contributed by atoms with Gasteiger partial charge in [-0.05, 0) is 24.6 Å². The average molecular weight is 260 g/mol. The van der Waals surface area contributed by atoms with Crippen LogP contribution in [0.15, 0.2) is 18.2 Å². The standard InChI is InChI=1S/C12H15Cl2NO/c1-2-6-15-8-10(16)7-9-4-3-5-11(13)12(9)14/h3-5,15H,2,6-8H2,1H3. The van der Waals surface area contributed by atoms with Crippen molar-refractivity contribution in [2.24, 2.45) is 0 Å². The first-order chi connectivity index (χ1) is 7.65. The maximum absolute atomic E-state index is 11.6. The zero-order valence-corrected chi connectivity index (χ0v) is 10.7. The maximum atomic E-state index is 11.6. The number of benzene rings is 1. The Labute approximate surface area is 106 Å². The molecule has 0 amide bonds. The van der Waals surface area contributed by atoms with Gasteiger partial charge in [-0.3, -0.25) is 4.79 Å². The lowest BCUT2D eigenvalue weighted by Crippen LogP contribution is -2.24. The van der Waals surface area contributed by atoms with E-state index in [1.807, 2.05) is 6.07 Å². The zero-order chi connectivity index (χ0) is 12.0. The van der Waals surface area contributed by atoms with Crippen LogP contribution in [0.2, 0.25) is 10.0 Å². The minimum atomic E-state index is 0.123. The molecule has 88 valence electrons. The molecule has 0 bridgehead atoms. The van der Waals surface area contributed by atoms with Crippen molar-refractivity contribution >= 4 is 29.0 Å². The molecule has 0 radical (unpaired) electrons. The van der Waals surface area contributed by atoms with Crippen molar-refractivity contribution in [3.63, 3.8) is 0 Å². The van der Waals surface area contributed by atoms with Gasteiger partial charge >= 0.3 is 0 Å². The molecule has 0 fully saturated rings. The number of nitrogens with one attached hydrogen (secondary N) is 1. The summed E-state index contributed by atoms with van der Waals surface area (Å²) in [7, 11) is 0. The monoisotopic (exact) mass is 259 g/mol. The SMILES string of the molecule is CCCNCC(=O)Cc1cccc(Cl)c1Cl. The second-order valence-corrected chi connectivity index (χ2v) is 4.39. The van der Waals surface area contributed by atoms with Gasteiger partial charge in [-0.25, -0.2) is 0 Å². The molecule has 4 heteroatoms. The number of carbonyl (C=O) groups is 1. The van der Waals surface area contributed by atoms with Crippen molar-refractivity contribution in [1.82, 2.24) is 5.32 Å². The lowest BCUT2D eigenvalue weighted by Gasteiger charge is -2.05. The number of hydrogen-bond donors (Lipinski definition) is 1. The Bertz CT molecular complexity index is 366. The summed E-state index contributed by atoms with van der Waals surface area (Å²) < 4.78 is 0. The fraction of sp³-hybridized carbons (Fsp3) is 0.417. The van der Waals surface area contributed by atoms with Crippen LogP contribution in [0.25, 0.3) is 0 Å². The lowest BCUT2D eigenvalue weighted by molar-refractivity contribution is -0.117. The van der Waals surface area contributed by atoms with Gasteiger partial charge < -0.3 is 5.32 Å². The fourth-order valence-corrected chi connectivity index (χ4v) is 1.75. The van der Waals surface area contributed by atoms with Crippen LogP contribution in [0.3, 0.4) is 0 Å². The topological polar surface area (TPSA) is 29.1 Å². The first kappa shape index (κ1) is 13.5. The van der Waals surface area contributed by atoms with Crippen molar-refractivity contribution in [2.75, 3.05) is 13.1 Å². The maximum Gasteiger partial charge on any atom is 0.151 e. The highest BCUT2D eigenvalue weighted by Gasteiger charge is 2.08. The van der Waals surface area contributed by atoms with E-state index < -0.39 is 0 Å². The summed E-state index contributed by atoms with van der Waals surface area (Å²) in [4.78, 5) is 11.6. The normalized spacial score (nSPS) is 10.4. The molecule has 0 aliphatic rings. The number of ketones is 1. The van der Waals surface area contributed by atoms with E-state index >= 15 is 0 Å². The fourth-order valence-electron chi connectivity index (χ4n) is 1.36. The van der Waals surface area contributed by atoms with Gasteiger partial charge in [0, 0.05) is 6.42 Å². The largest absolute Gasteiger partial charge is 0.310 e. The lowest BCUT2D eigenvalue weighted by atomic mass is 10.1. The van der Waals surface area contributed by atoms with Crippen LogP contribution in [0.4, 0.5) is 0 Å². The highest BCUT2D eigenvalue weighted by atomic mass is 35.5. The molecule has 0 unspecified atom stereocenters. The van der Waals surface area contributed by atoms with Crippen LogP contribution in [0.5, 0.6) is 0 Å². The van der Waals surface area contributed by atoms with Gasteiger partial charge in [-0.2, -0.15) is 0 Å². The Hall–Kier alpha value is -0.570. The molecular formula is C12H15Cl2NO. The third-order valence-corrected chi connectivity index (χ3v) is 3.03. The van der Waals surface area contributed by atoms with E-state index in [9.17, 15) is 4.79 Å². The number of halogens is 2. The molecule has 0 aromatic heterocycles. The summed E-state index contributed by atoms with van der Waals surface area (Å²) in [6.45, 7) is 3.30. The minimum Gasteiger partial charge on any atom is -0.310 e. The smallest absolute Gasteiger partial charge is 0.151 e. The van der Waals surface area contributed by atoms with Crippen molar-refractivity contribution < 1.29 is 4.79 Å². The van der Waals surface area contributed by atoms with Crippen molar-refractivity contribution in [1.29, 1.82) is 0 Å². The van der Waals surface area contributed by atoms with Gasteiger partial charge in [0.2, 0.25) is 0 Å². The van der Waals surface area contributed by atoms with Crippen molar-refractivity contribution in [3.05, 3.63) is 33.8 Å². The van der Waals surface area contributed by atoms with Crippen LogP contribution in [0.1, 0.15) is 18.9 Å². The predicted molar refractivity (Wildman–Crippen MR) is 68.3 cm³/mol. The number of carbonyl (C=O) groups excluding carboxylic acids is 1. The Morgan fingerprint density at radius 1 is 1.38 bits per heavy atom. The van der Waals surface area contributed by atoms with Crippen LogP contribution in [-0.2, 0) is 11.2 Å². The van der Waals surface area contributed by atoms with E-state index in [1.165, 1.54) is 0 Å². The van der Waals surface area contributed by atoms with Gasteiger partial charge in [0.15, 0.2) is 5.78 Å². The highest BCUT2D eigenvalue weighted by molar-refractivity contribution is 6.42. The van der Waals surface area contributed by atoms with E-state index in [4.69, 9.17) is 23.2 Å². The summed E-state index contributed by atoms with van der Waals surface area (Å²) in [5, 5.41) is 4.04. The molecule has 0 spiro atoms. The molecule has 1 aromatic rings. The Balaban J connectivity index is 2.53. The van der Waals surface area contributed by atoms with Crippen LogP contribution >= 0.6 is 23.2 Å². The van der Waals surface area contributed by atoms with E-state index in [-0.39, 0.29) is 5.78 Å². The summed E-state index contributed by atoms with van der Waals surface area (Å²) in [5.41, 5.74) is 0.789. The molecule has 16 heavy (non-hydrogen) atoms. The van der Waals surface area contributed by atoms with Gasteiger partial charge in [0.25, 0.3) is 0 Å². The van der Waals surface area contributed by atoms with E-state index in [1.54, 1.807) is 12.1 Å². The van der Waals surface area contributed by atoms with E-state index in [0.717, 1.165) is 18.5 Å². The zero-order valence-electron chi connectivity index (χ0n) is 9.22. The Morgan fingerprint density at radius 2 is 2.12 bits per heavy atom. The molecular weight excluding hydrogens is 245 g/mol. The first-order valence-corrected chi connectivity index (χ1v) is 6.06. The van der Waals surface area contributed by atoms with Gasteiger partial charge in [-0.15, -0.1) is 0 Å². The summed E-state index contributed by atoms with van der Waals surface area (Å²) in [6, 6.07) is 5.34. The van der Waals surface area contributed by atoms with E-state index in [0.29, 0.717) is 23.0 Å². The van der Waals surface area contributed by atoms with Crippen molar-refractivity contribution in [2.45, 2.75) is 19.8 Å². The predicted octanol–water partition coefficient (Wildman–Crippen LogP) is 3.10. The van der Waals surface area contributed by atoms with Crippen LogP contribution < -0.4 is 5.32 Å². The highest BCUT2D eigenvalue weighted by Crippen LogP contribution is 2.25. The molecule has 0 saturated carbocycles. The molecule has 0 aliphatic heterocycles. The number of hydrogen-bond acceptors (Lipinski definition) is 2. The molecule has 1 rings (SSSR count). The summed E-state index contributed by atoms with van der Waals surface area (Å²) in [6.07, 6.45) is 1.35. The molecule has 0 saturated heterocycles. The number of rotatable bonds is 6. The molecule has 0 heterocycles. The van der Waals surface area contributed by atoms with E-state index in [2.05, 4.69) is 12.2 Å². The van der Waals surface area contributed by atoms with Gasteiger partial charge in [-0.1, -0.05) is 42.3 Å². The quantitative estimate of drug-likeness (QED) is 0.796. The molecule has 1 aromatic carbocycles. The molecule has 1 N–H and O–H groups in total. The Morgan fingerprint density at radius 3 is 2.81 bits per heavy atom. The third kappa shape index (κ3) is 4.12. The second-order valence-electron chi connectivity index (χ2n) is 3.61. The first-order valence-electron chi connectivity index (χ1n) is 5.30. The third-order valence-electron chi connectivity index (χ3n) is 2.17. The summed E-state index contributed by atoms with van der Waals surface area (Å²) >= 11 is 11.9.